The molecular formula is C17H18BrFN2O3. The van der Waals surface area contributed by atoms with Gasteiger partial charge in [0.25, 0.3) is 5.91 Å². The molecule has 1 heterocycles. The molecule has 1 aromatic carbocycles. The van der Waals surface area contributed by atoms with Crippen LogP contribution in [0.5, 0.6) is 0 Å². The maximum atomic E-state index is 14.5. The minimum Gasteiger partial charge on any atom is -0.381 e. The number of carbonyl (C=O) groups excluding carboxylic acids is 2. The molecule has 0 aromatic heterocycles. The standard InChI is InChI=1S/C17H18BrFN2O3/c1-24-9-4-6-16(7-5-9)8-10-12(19)3-2-11(18)13(10)17(16)14(22)20-15(23)21-17/h2-3,9H,4-8H2,1H3,(H2,20,21,22,23)/t9-,16-,17?. The number of imide groups is 1. The molecule has 2 N–H and O–H groups in total. The summed E-state index contributed by atoms with van der Waals surface area (Å²) in [6, 6.07) is 2.50. The van der Waals surface area contributed by atoms with Gasteiger partial charge in [-0.1, -0.05) is 15.9 Å². The third-order valence-corrected chi connectivity index (χ3v) is 6.64. The third kappa shape index (κ3) is 1.88. The van der Waals surface area contributed by atoms with E-state index in [0.717, 1.165) is 12.8 Å². The quantitative estimate of drug-likeness (QED) is 0.717. The van der Waals surface area contributed by atoms with Gasteiger partial charge in [0.1, 0.15) is 5.82 Å². The van der Waals surface area contributed by atoms with E-state index >= 15 is 0 Å². The van der Waals surface area contributed by atoms with Crippen molar-refractivity contribution in [3.63, 3.8) is 0 Å². The molecule has 1 unspecified atom stereocenters. The molecule has 3 aliphatic rings. The number of rotatable bonds is 1. The van der Waals surface area contributed by atoms with E-state index < -0.39 is 17.0 Å². The van der Waals surface area contributed by atoms with Crippen molar-refractivity contribution >= 4 is 27.9 Å². The monoisotopic (exact) mass is 396 g/mol. The number of methoxy groups -OCH3 is 1. The summed E-state index contributed by atoms with van der Waals surface area (Å²) in [7, 11) is 1.68. The van der Waals surface area contributed by atoms with E-state index in [0.29, 0.717) is 34.9 Å². The molecule has 1 atom stereocenters. The first-order chi connectivity index (χ1) is 11.4. The predicted molar refractivity (Wildman–Crippen MR) is 87.9 cm³/mol. The molecule has 2 aliphatic carbocycles. The smallest absolute Gasteiger partial charge is 0.322 e. The number of halogens is 2. The fraction of sp³-hybridized carbons (Fsp3) is 0.529. The van der Waals surface area contributed by atoms with E-state index in [1.807, 2.05) is 0 Å². The molecule has 1 saturated carbocycles. The fourth-order valence-electron chi connectivity index (χ4n) is 4.84. The van der Waals surface area contributed by atoms with Crippen molar-refractivity contribution in [2.75, 3.05) is 7.11 Å². The zero-order chi connectivity index (χ0) is 17.1. The summed E-state index contributed by atoms with van der Waals surface area (Å²) in [4.78, 5) is 24.9. The summed E-state index contributed by atoms with van der Waals surface area (Å²) >= 11 is 3.47. The van der Waals surface area contributed by atoms with Crippen LogP contribution in [0.3, 0.4) is 0 Å². The van der Waals surface area contributed by atoms with Gasteiger partial charge in [-0.15, -0.1) is 0 Å². The van der Waals surface area contributed by atoms with Gasteiger partial charge in [0.05, 0.1) is 6.10 Å². The van der Waals surface area contributed by atoms with Gasteiger partial charge in [-0.3, -0.25) is 10.1 Å². The van der Waals surface area contributed by atoms with Gasteiger partial charge in [0.15, 0.2) is 5.54 Å². The number of hydrogen-bond acceptors (Lipinski definition) is 3. The number of amides is 3. The molecule has 128 valence electrons. The normalized spacial score (nSPS) is 34.5. The summed E-state index contributed by atoms with van der Waals surface area (Å²) in [5, 5.41) is 5.23. The zero-order valence-corrected chi connectivity index (χ0v) is 14.8. The highest BCUT2D eigenvalue weighted by molar-refractivity contribution is 9.10. The maximum Gasteiger partial charge on any atom is 0.322 e. The molecule has 0 radical (unpaired) electrons. The van der Waals surface area contributed by atoms with Gasteiger partial charge >= 0.3 is 6.03 Å². The molecule has 1 aliphatic heterocycles. The van der Waals surface area contributed by atoms with Crippen LogP contribution in [0, 0.1) is 11.2 Å². The van der Waals surface area contributed by atoms with E-state index in [1.165, 1.54) is 6.07 Å². The van der Waals surface area contributed by atoms with Crippen LogP contribution < -0.4 is 10.6 Å². The summed E-state index contributed by atoms with van der Waals surface area (Å²) in [6.07, 6.45) is 3.55. The molecule has 2 fully saturated rings. The average molecular weight is 397 g/mol. The Kier molecular flexibility index (Phi) is 3.51. The van der Waals surface area contributed by atoms with E-state index in [1.54, 1.807) is 13.2 Å². The lowest BCUT2D eigenvalue weighted by atomic mass is 9.61. The van der Waals surface area contributed by atoms with Crippen LogP contribution in [-0.2, 0) is 21.5 Å². The lowest BCUT2D eigenvalue weighted by Crippen LogP contribution is -2.56. The molecule has 5 nitrogen and oxygen atoms in total. The van der Waals surface area contributed by atoms with Crippen LogP contribution in [-0.4, -0.2) is 25.2 Å². The largest absolute Gasteiger partial charge is 0.381 e. The van der Waals surface area contributed by atoms with E-state index in [2.05, 4.69) is 26.6 Å². The van der Waals surface area contributed by atoms with Gasteiger partial charge in [-0.2, -0.15) is 0 Å². The lowest BCUT2D eigenvalue weighted by Gasteiger charge is -2.46. The van der Waals surface area contributed by atoms with Crippen molar-refractivity contribution in [3.05, 3.63) is 33.5 Å². The first-order valence-corrected chi connectivity index (χ1v) is 8.86. The van der Waals surface area contributed by atoms with Crippen molar-refractivity contribution in [1.29, 1.82) is 0 Å². The second kappa shape index (κ2) is 5.26. The molecule has 1 saturated heterocycles. The van der Waals surface area contributed by atoms with Crippen LogP contribution in [0.4, 0.5) is 9.18 Å². The molecule has 1 aromatic rings. The minimum absolute atomic E-state index is 0.143. The van der Waals surface area contributed by atoms with Crippen LogP contribution >= 0.6 is 15.9 Å². The Hall–Kier alpha value is -1.47. The number of benzene rings is 1. The highest BCUT2D eigenvalue weighted by Crippen LogP contribution is 2.60. The maximum absolute atomic E-state index is 14.5. The first kappa shape index (κ1) is 16.0. The molecule has 4 rings (SSSR count). The summed E-state index contributed by atoms with van der Waals surface area (Å²) in [6.45, 7) is 0. The van der Waals surface area contributed by atoms with E-state index in [-0.39, 0.29) is 17.8 Å². The summed E-state index contributed by atoms with van der Waals surface area (Å²) in [5.74, 6) is -0.708. The summed E-state index contributed by atoms with van der Waals surface area (Å²) in [5.41, 5.74) is -0.635. The topological polar surface area (TPSA) is 67.4 Å². The SMILES string of the molecule is CO[C@H]1CC[C@]2(CC1)Cc1c(F)ccc(Br)c1C21NC(=O)NC1=O. The Balaban J connectivity index is 1.91. The Morgan fingerprint density at radius 3 is 2.58 bits per heavy atom. The van der Waals surface area contributed by atoms with Gasteiger partial charge in [-0.05, 0) is 49.8 Å². The second-order valence-electron chi connectivity index (χ2n) is 6.93. The minimum atomic E-state index is -1.21. The van der Waals surface area contributed by atoms with Crippen molar-refractivity contribution in [2.45, 2.75) is 43.7 Å². The number of fused-ring (bicyclic) bond motifs is 3. The Morgan fingerprint density at radius 2 is 2.00 bits per heavy atom. The van der Waals surface area contributed by atoms with E-state index in [9.17, 15) is 14.0 Å². The third-order valence-electron chi connectivity index (χ3n) is 5.98. The van der Waals surface area contributed by atoms with E-state index in [4.69, 9.17) is 4.74 Å². The van der Waals surface area contributed by atoms with Crippen molar-refractivity contribution in [2.24, 2.45) is 5.41 Å². The van der Waals surface area contributed by atoms with Crippen LogP contribution in [0.25, 0.3) is 0 Å². The van der Waals surface area contributed by atoms with Crippen LogP contribution in [0.2, 0.25) is 0 Å². The predicted octanol–water partition coefficient (Wildman–Crippen LogP) is 2.75. The number of urea groups is 1. The van der Waals surface area contributed by atoms with Crippen molar-refractivity contribution in [3.8, 4) is 0 Å². The molecule has 7 heteroatoms. The number of hydrogen-bond donors (Lipinski definition) is 2. The lowest BCUT2D eigenvalue weighted by molar-refractivity contribution is -0.131. The molecular weight excluding hydrogens is 379 g/mol. The average Bonchev–Trinajstić information content (AvgIpc) is 3.01. The molecule has 24 heavy (non-hydrogen) atoms. The fourth-order valence-corrected chi connectivity index (χ4v) is 5.51. The number of ether oxygens (including phenoxy) is 1. The van der Waals surface area contributed by atoms with Crippen LogP contribution in [0.1, 0.15) is 36.8 Å². The number of nitrogens with one attached hydrogen (secondary N) is 2. The van der Waals surface area contributed by atoms with Gasteiger partial charge in [0, 0.05) is 22.6 Å². The second-order valence-corrected chi connectivity index (χ2v) is 7.79. The van der Waals surface area contributed by atoms with Gasteiger partial charge < -0.3 is 10.1 Å². The molecule has 0 bridgehead atoms. The van der Waals surface area contributed by atoms with Crippen molar-refractivity contribution in [1.82, 2.24) is 10.6 Å². The Morgan fingerprint density at radius 1 is 1.29 bits per heavy atom. The van der Waals surface area contributed by atoms with Crippen molar-refractivity contribution < 1.29 is 18.7 Å². The Labute approximate surface area is 147 Å². The highest BCUT2D eigenvalue weighted by Gasteiger charge is 2.67. The zero-order valence-electron chi connectivity index (χ0n) is 13.2. The Bertz CT molecular complexity index is 746. The first-order valence-electron chi connectivity index (χ1n) is 8.07. The summed E-state index contributed by atoms with van der Waals surface area (Å²) < 4.78 is 20.6. The number of carbonyl (C=O) groups is 2. The highest BCUT2D eigenvalue weighted by atomic mass is 79.9. The van der Waals surface area contributed by atoms with Crippen LogP contribution in [0.15, 0.2) is 16.6 Å². The molecule has 2 spiro atoms. The van der Waals surface area contributed by atoms with Gasteiger partial charge in [0.2, 0.25) is 0 Å². The molecule has 3 amide bonds. The van der Waals surface area contributed by atoms with Gasteiger partial charge in [-0.25, -0.2) is 9.18 Å².